The van der Waals surface area contributed by atoms with Gasteiger partial charge in [-0.2, -0.15) is 4.57 Å². The molecule has 5 rings (SSSR count). The van der Waals surface area contributed by atoms with Crippen molar-refractivity contribution in [1.29, 1.82) is 0 Å². The molecule has 0 saturated heterocycles. The molecule has 184 valence electrons. The zero-order valence-corrected chi connectivity index (χ0v) is 20.4. The number of fused-ring (bicyclic) bond motifs is 1. The molecular weight excluding hydrogens is 493 g/mol. The van der Waals surface area contributed by atoms with Crippen LogP contribution in [-0.4, -0.2) is 24.3 Å². The van der Waals surface area contributed by atoms with Crippen LogP contribution in [0.5, 0.6) is 0 Å². The number of sulfonamides is 1. The van der Waals surface area contributed by atoms with E-state index in [1.165, 1.54) is 12.1 Å². The Kier molecular flexibility index (Phi) is 6.33. The van der Waals surface area contributed by atoms with Gasteiger partial charge in [-0.3, -0.25) is 9.52 Å². The van der Waals surface area contributed by atoms with Gasteiger partial charge >= 0.3 is 5.82 Å². The molecule has 8 nitrogen and oxygen atoms in total. The highest BCUT2D eigenvalue weighted by atomic mass is 32.2. The number of aromatic nitrogens is 3. The van der Waals surface area contributed by atoms with Crippen LogP contribution in [0, 0.1) is 12.7 Å². The lowest BCUT2D eigenvalue weighted by Gasteiger charge is -2.10. The Morgan fingerprint density at radius 3 is 2.14 bits per heavy atom. The molecule has 0 radical (unpaired) electrons. The molecular formula is C27H21FN5O3S+. The second-order valence-electron chi connectivity index (χ2n) is 8.21. The summed E-state index contributed by atoms with van der Waals surface area (Å²) < 4.78 is 43.4. The lowest BCUT2D eigenvalue weighted by Crippen LogP contribution is -2.33. The van der Waals surface area contributed by atoms with Crippen LogP contribution in [0.1, 0.15) is 15.9 Å². The maximum Gasteiger partial charge on any atom is 0.372 e. The Bertz CT molecular complexity index is 1720. The van der Waals surface area contributed by atoms with Crippen LogP contribution in [-0.2, 0) is 10.0 Å². The van der Waals surface area contributed by atoms with E-state index >= 15 is 0 Å². The van der Waals surface area contributed by atoms with Crippen molar-refractivity contribution in [2.45, 2.75) is 11.8 Å². The SMILES string of the molecule is Cc1ccccc1C(=O)Nc1cc[n+](-c2nc3ccccc3nc2NS(=O)(=O)c2ccc(F)cc2)cc1. The van der Waals surface area contributed by atoms with Gasteiger partial charge < -0.3 is 5.32 Å². The van der Waals surface area contributed by atoms with Crippen LogP contribution >= 0.6 is 0 Å². The maximum atomic E-state index is 13.3. The van der Waals surface area contributed by atoms with E-state index in [1.807, 2.05) is 19.1 Å². The third-order valence-electron chi connectivity index (χ3n) is 5.63. The number of carbonyl (C=O) groups is 1. The number of carbonyl (C=O) groups excluding carboxylic acids is 1. The van der Waals surface area contributed by atoms with E-state index in [-0.39, 0.29) is 22.4 Å². The molecule has 0 aliphatic rings. The van der Waals surface area contributed by atoms with Crippen LogP contribution in [0.25, 0.3) is 16.9 Å². The lowest BCUT2D eigenvalue weighted by molar-refractivity contribution is -0.598. The molecule has 5 aromatic rings. The summed E-state index contributed by atoms with van der Waals surface area (Å²) in [4.78, 5) is 21.6. The first-order valence-electron chi connectivity index (χ1n) is 11.2. The molecule has 2 aromatic heterocycles. The molecule has 0 bridgehead atoms. The highest BCUT2D eigenvalue weighted by molar-refractivity contribution is 7.92. The minimum absolute atomic E-state index is 0.00952. The molecule has 0 aliphatic heterocycles. The fourth-order valence-electron chi connectivity index (χ4n) is 3.72. The zero-order chi connectivity index (χ0) is 26.0. The van der Waals surface area contributed by atoms with Crippen LogP contribution in [0.15, 0.2) is 102 Å². The van der Waals surface area contributed by atoms with E-state index in [0.29, 0.717) is 22.3 Å². The normalized spacial score (nSPS) is 11.3. The topological polar surface area (TPSA) is 105 Å². The summed E-state index contributed by atoms with van der Waals surface area (Å²) in [5, 5.41) is 2.86. The number of amides is 1. The van der Waals surface area contributed by atoms with Gasteiger partial charge in [0, 0.05) is 23.4 Å². The Balaban J connectivity index is 1.49. The molecule has 1 amide bonds. The fourth-order valence-corrected chi connectivity index (χ4v) is 4.72. The van der Waals surface area contributed by atoms with E-state index in [2.05, 4.69) is 20.0 Å². The first-order chi connectivity index (χ1) is 17.8. The third kappa shape index (κ3) is 5.14. The van der Waals surface area contributed by atoms with Crippen molar-refractivity contribution in [1.82, 2.24) is 9.97 Å². The number of aryl methyl sites for hydroxylation is 1. The maximum absolute atomic E-state index is 13.3. The summed E-state index contributed by atoms with van der Waals surface area (Å²) in [7, 11) is -4.08. The predicted molar refractivity (Wildman–Crippen MR) is 137 cm³/mol. The van der Waals surface area contributed by atoms with Crippen LogP contribution in [0.2, 0.25) is 0 Å². The highest BCUT2D eigenvalue weighted by Gasteiger charge is 2.25. The number of nitrogens with zero attached hydrogens (tertiary/aromatic N) is 3. The largest absolute Gasteiger partial charge is 0.372 e. The Hall–Kier alpha value is -4.70. The summed E-state index contributed by atoms with van der Waals surface area (Å²) in [6.07, 6.45) is 3.28. The van der Waals surface area contributed by atoms with E-state index < -0.39 is 15.8 Å². The molecule has 0 saturated carbocycles. The first-order valence-corrected chi connectivity index (χ1v) is 12.7. The average molecular weight is 515 g/mol. The van der Waals surface area contributed by atoms with Gasteiger partial charge in [0.25, 0.3) is 15.9 Å². The molecule has 10 heteroatoms. The number of nitrogens with one attached hydrogen (secondary N) is 2. The van der Waals surface area contributed by atoms with Gasteiger partial charge in [-0.1, -0.05) is 30.3 Å². The first kappa shape index (κ1) is 24.0. The summed E-state index contributed by atoms with van der Waals surface area (Å²) >= 11 is 0. The standard InChI is InChI=1S/C27H20FN5O3S/c1-18-6-2-3-7-22(18)27(34)29-20-14-16-33(17-15-20)26-25(30-23-8-4-5-9-24(23)31-26)32-37(35,36)21-12-10-19(28)11-13-21/h2-17H,1H3,(H,30,32)/p+1. The van der Waals surface area contributed by atoms with Crippen molar-refractivity contribution in [2.75, 3.05) is 10.0 Å². The fraction of sp³-hybridized carbons (Fsp3) is 0.0370. The molecule has 0 spiro atoms. The second kappa shape index (κ2) is 9.75. The Labute approximate surface area is 212 Å². The van der Waals surface area contributed by atoms with Crippen molar-refractivity contribution in [3.8, 4) is 5.82 Å². The van der Waals surface area contributed by atoms with Gasteiger partial charge in [-0.25, -0.2) is 17.8 Å². The number of rotatable bonds is 6. The summed E-state index contributed by atoms with van der Waals surface area (Å²) in [6, 6.07) is 22.2. The van der Waals surface area contributed by atoms with Gasteiger partial charge in [0.1, 0.15) is 11.3 Å². The molecule has 0 unspecified atom stereocenters. The van der Waals surface area contributed by atoms with Crippen molar-refractivity contribution < 1.29 is 22.2 Å². The van der Waals surface area contributed by atoms with E-state index in [1.54, 1.807) is 65.5 Å². The minimum atomic E-state index is -4.08. The van der Waals surface area contributed by atoms with Gasteiger partial charge in [-0.15, -0.1) is 0 Å². The van der Waals surface area contributed by atoms with Crippen LogP contribution < -0.4 is 14.6 Å². The predicted octanol–water partition coefficient (Wildman–Crippen LogP) is 4.41. The Morgan fingerprint density at radius 2 is 1.46 bits per heavy atom. The number of hydrogen-bond donors (Lipinski definition) is 2. The third-order valence-corrected chi connectivity index (χ3v) is 6.98. The number of para-hydroxylation sites is 2. The summed E-state index contributed by atoms with van der Waals surface area (Å²) in [6.45, 7) is 1.86. The van der Waals surface area contributed by atoms with Crippen molar-refractivity contribution >= 4 is 38.5 Å². The van der Waals surface area contributed by atoms with E-state index in [4.69, 9.17) is 0 Å². The van der Waals surface area contributed by atoms with Gasteiger partial charge in [0.15, 0.2) is 0 Å². The Morgan fingerprint density at radius 1 is 0.838 bits per heavy atom. The monoisotopic (exact) mass is 514 g/mol. The quantitative estimate of drug-likeness (QED) is 0.327. The lowest BCUT2D eigenvalue weighted by atomic mass is 10.1. The molecule has 2 heterocycles. The number of benzene rings is 3. The van der Waals surface area contributed by atoms with Crippen molar-refractivity contribution in [3.05, 3.63) is 114 Å². The van der Waals surface area contributed by atoms with E-state index in [9.17, 15) is 17.6 Å². The molecule has 2 N–H and O–H groups in total. The summed E-state index contributed by atoms with van der Waals surface area (Å²) in [5.41, 5.74) is 3.02. The molecule has 0 atom stereocenters. The number of halogens is 1. The second-order valence-corrected chi connectivity index (χ2v) is 9.89. The van der Waals surface area contributed by atoms with Gasteiger partial charge in [0.2, 0.25) is 11.3 Å². The molecule has 0 aliphatic carbocycles. The van der Waals surface area contributed by atoms with Crippen molar-refractivity contribution in [3.63, 3.8) is 0 Å². The highest BCUT2D eigenvalue weighted by Crippen LogP contribution is 2.21. The number of hydrogen-bond acceptors (Lipinski definition) is 5. The average Bonchev–Trinajstić information content (AvgIpc) is 2.89. The van der Waals surface area contributed by atoms with Crippen molar-refractivity contribution in [2.24, 2.45) is 0 Å². The number of pyridine rings is 1. The molecule has 0 fully saturated rings. The molecule has 3 aromatic carbocycles. The minimum Gasteiger partial charge on any atom is -0.322 e. The summed E-state index contributed by atoms with van der Waals surface area (Å²) in [5.74, 6) is -0.574. The molecule has 37 heavy (non-hydrogen) atoms. The van der Waals surface area contributed by atoms with E-state index in [0.717, 1.165) is 17.7 Å². The zero-order valence-electron chi connectivity index (χ0n) is 19.6. The smallest absolute Gasteiger partial charge is 0.322 e. The van der Waals surface area contributed by atoms with Crippen LogP contribution in [0.3, 0.4) is 0 Å². The number of anilines is 2. The van der Waals surface area contributed by atoms with Crippen LogP contribution in [0.4, 0.5) is 15.9 Å². The van der Waals surface area contributed by atoms with Gasteiger partial charge in [0.05, 0.1) is 17.3 Å². The van der Waals surface area contributed by atoms with Gasteiger partial charge in [-0.05, 0) is 59.9 Å².